The summed E-state index contributed by atoms with van der Waals surface area (Å²) in [6, 6.07) is 9.01. The van der Waals surface area contributed by atoms with Gasteiger partial charge in [-0.15, -0.1) is 0 Å². The van der Waals surface area contributed by atoms with Crippen molar-refractivity contribution in [2.24, 2.45) is 19.8 Å². The van der Waals surface area contributed by atoms with E-state index in [0.717, 1.165) is 10.9 Å². The first-order chi connectivity index (χ1) is 15.9. The van der Waals surface area contributed by atoms with E-state index in [9.17, 15) is 9.59 Å². The molecule has 4 aromatic heterocycles. The first kappa shape index (κ1) is 20.9. The topological polar surface area (TPSA) is 141 Å². The number of hydrogen-bond donors (Lipinski definition) is 3. The van der Waals surface area contributed by atoms with Gasteiger partial charge in [0.15, 0.2) is 11.2 Å². The van der Waals surface area contributed by atoms with E-state index in [-0.39, 0.29) is 24.3 Å². The molecular weight excluding hydrogens is 446 g/mol. The third-order valence-corrected chi connectivity index (χ3v) is 5.81. The number of rotatable bonds is 5. The van der Waals surface area contributed by atoms with Gasteiger partial charge in [0.05, 0.1) is 13.1 Å². The van der Waals surface area contributed by atoms with Crippen molar-refractivity contribution in [3.63, 3.8) is 0 Å². The molecule has 5 rings (SSSR count). The molecule has 0 atom stereocenters. The summed E-state index contributed by atoms with van der Waals surface area (Å²) in [6.07, 6.45) is 1.58. The third kappa shape index (κ3) is 3.47. The van der Waals surface area contributed by atoms with Gasteiger partial charge in [0.1, 0.15) is 11.6 Å². The van der Waals surface area contributed by atoms with Crippen LogP contribution in [0.25, 0.3) is 22.1 Å². The first-order valence-electron chi connectivity index (χ1n) is 10.1. The van der Waals surface area contributed by atoms with Gasteiger partial charge in [-0.25, -0.2) is 14.8 Å². The van der Waals surface area contributed by atoms with Crippen LogP contribution in [0.15, 0.2) is 46.1 Å². The fourth-order valence-corrected chi connectivity index (χ4v) is 4.04. The predicted octanol–water partition coefficient (Wildman–Crippen LogP) is 1.61. The minimum absolute atomic E-state index is 0.0617. The summed E-state index contributed by atoms with van der Waals surface area (Å²) in [5.41, 5.74) is 6.74. The van der Waals surface area contributed by atoms with E-state index >= 15 is 0 Å². The van der Waals surface area contributed by atoms with E-state index in [0.29, 0.717) is 28.3 Å². The molecule has 33 heavy (non-hydrogen) atoms. The number of hydrogen-bond acceptors (Lipinski definition) is 7. The zero-order valence-corrected chi connectivity index (χ0v) is 18.6. The number of aryl methyl sites for hydroxylation is 2. The summed E-state index contributed by atoms with van der Waals surface area (Å²) in [6.45, 7) is 0.252. The Kier molecular flexibility index (Phi) is 4.99. The molecule has 0 unspecified atom stereocenters. The molecule has 0 spiro atoms. The number of imidazole rings is 1. The van der Waals surface area contributed by atoms with Crippen LogP contribution in [0.2, 0.25) is 5.02 Å². The Morgan fingerprint density at radius 2 is 1.97 bits per heavy atom. The van der Waals surface area contributed by atoms with Crippen LogP contribution in [-0.4, -0.2) is 33.6 Å². The van der Waals surface area contributed by atoms with E-state index in [1.807, 2.05) is 18.2 Å². The average molecular weight is 466 g/mol. The Morgan fingerprint density at radius 1 is 1.15 bits per heavy atom. The van der Waals surface area contributed by atoms with E-state index in [1.54, 1.807) is 37.0 Å². The van der Waals surface area contributed by atoms with E-state index in [2.05, 4.69) is 25.3 Å². The number of nitrogens with zero attached hydrogens (tertiary/aromatic N) is 6. The molecule has 5 aromatic rings. The molecule has 0 saturated heterocycles. The smallest absolute Gasteiger partial charge is 0.332 e. The molecule has 0 saturated carbocycles. The van der Waals surface area contributed by atoms with Crippen molar-refractivity contribution in [2.75, 3.05) is 5.32 Å². The maximum absolute atomic E-state index is 13.4. The largest absolute Gasteiger partial charge is 0.357 e. The molecular formula is C21H20ClN9O2. The van der Waals surface area contributed by atoms with Crippen molar-refractivity contribution in [1.29, 1.82) is 0 Å². The van der Waals surface area contributed by atoms with Gasteiger partial charge in [-0.05, 0) is 24.3 Å². The molecule has 12 heteroatoms. The lowest BCUT2D eigenvalue weighted by atomic mass is 10.2. The van der Waals surface area contributed by atoms with Crippen LogP contribution in [0.4, 0.5) is 11.8 Å². The molecule has 0 fully saturated rings. The van der Waals surface area contributed by atoms with Crippen molar-refractivity contribution >= 4 is 45.4 Å². The highest BCUT2D eigenvalue weighted by Gasteiger charge is 2.19. The summed E-state index contributed by atoms with van der Waals surface area (Å²) in [5, 5.41) is 4.48. The second kappa shape index (κ2) is 7.87. The highest BCUT2D eigenvalue weighted by atomic mass is 35.5. The monoisotopic (exact) mass is 465 g/mol. The fourth-order valence-electron chi connectivity index (χ4n) is 3.81. The van der Waals surface area contributed by atoms with Gasteiger partial charge in [-0.1, -0.05) is 17.7 Å². The van der Waals surface area contributed by atoms with Crippen LogP contribution in [-0.2, 0) is 27.2 Å². The SMILES string of the molecule is Cn1c(Nc2ccnc(CN)n2)nc2c1c(=O)n(Cc1cc3c(Cl)cccc3[nH]1)c(=O)n2C. The Labute approximate surface area is 191 Å². The van der Waals surface area contributed by atoms with Gasteiger partial charge < -0.3 is 20.6 Å². The lowest BCUT2D eigenvalue weighted by Gasteiger charge is -2.08. The highest BCUT2D eigenvalue weighted by Crippen LogP contribution is 2.24. The van der Waals surface area contributed by atoms with Gasteiger partial charge in [-0.2, -0.15) is 4.98 Å². The number of nitrogens with one attached hydrogen (secondary N) is 2. The maximum atomic E-state index is 13.4. The molecule has 168 valence electrons. The molecule has 0 aliphatic rings. The van der Waals surface area contributed by atoms with E-state index in [4.69, 9.17) is 17.3 Å². The lowest BCUT2D eigenvalue weighted by Crippen LogP contribution is -2.39. The fraction of sp³-hybridized carbons (Fsp3) is 0.190. The second-order valence-electron chi connectivity index (χ2n) is 7.58. The molecule has 11 nitrogen and oxygen atoms in total. The van der Waals surface area contributed by atoms with Crippen molar-refractivity contribution < 1.29 is 0 Å². The molecule has 0 aliphatic heterocycles. The number of fused-ring (bicyclic) bond motifs is 2. The van der Waals surface area contributed by atoms with Crippen molar-refractivity contribution in [3.05, 3.63) is 73.9 Å². The standard InChI is InChI=1S/C21H20ClN9O2/c1-29-17-18(28-20(29)27-15-6-7-24-16(9-23)26-15)30(2)21(33)31(19(17)32)10-11-8-12-13(22)4-3-5-14(12)25-11/h3-8,25H,9-10,23H2,1-2H3,(H,24,26,27,28). The molecule has 0 amide bonds. The average Bonchev–Trinajstić information content (AvgIpc) is 3.37. The third-order valence-electron chi connectivity index (χ3n) is 5.48. The lowest BCUT2D eigenvalue weighted by molar-refractivity contribution is 0.648. The zero-order valence-electron chi connectivity index (χ0n) is 17.8. The first-order valence-corrected chi connectivity index (χ1v) is 10.5. The van der Waals surface area contributed by atoms with Gasteiger partial charge >= 0.3 is 5.69 Å². The van der Waals surface area contributed by atoms with Gasteiger partial charge in [0.25, 0.3) is 5.56 Å². The Bertz CT molecular complexity index is 1640. The summed E-state index contributed by atoms with van der Waals surface area (Å²) in [7, 11) is 3.28. The van der Waals surface area contributed by atoms with Crippen LogP contribution in [0.3, 0.4) is 0 Å². The molecule has 0 aliphatic carbocycles. The number of anilines is 2. The van der Waals surface area contributed by atoms with Crippen LogP contribution in [0.1, 0.15) is 11.5 Å². The van der Waals surface area contributed by atoms with E-state index in [1.165, 1.54) is 9.13 Å². The zero-order chi connectivity index (χ0) is 23.3. The van der Waals surface area contributed by atoms with Crippen LogP contribution in [0, 0.1) is 0 Å². The molecule has 0 radical (unpaired) electrons. The van der Waals surface area contributed by atoms with Crippen molar-refractivity contribution in [1.82, 2.24) is 33.6 Å². The van der Waals surface area contributed by atoms with Crippen molar-refractivity contribution in [2.45, 2.75) is 13.1 Å². The Hall–Kier alpha value is -3.96. The predicted molar refractivity (Wildman–Crippen MR) is 126 cm³/mol. The number of H-pyrrole nitrogens is 1. The van der Waals surface area contributed by atoms with Gasteiger partial charge in [0.2, 0.25) is 5.95 Å². The number of nitrogens with two attached hydrogens (primary N) is 1. The molecule has 4 heterocycles. The Morgan fingerprint density at radius 3 is 2.73 bits per heavy atom. The summed E-state index contributed by atoms with van der Waals surface area (Å²) >= 11 is 6.26. The second-order valence-corrected chi connectivity index (χ2v) is 7.99. The van der Waals surface area contributed by atoms with Crippen molar-refractivity contribution in [3.8, 4) is 0 Å². The normalized spacial score (nSPS) is 11.5. The highest BCUT2D eigenvalue weighted by molar-refractivity contribution is 6.35. The quantitative estimate of drug-likeness (QED) is 0.358. The van der Waals surface area contributed by atoms with Crippen LogP contribution >= 0.6 is 11.6 Å². The molecule has 4 N–H and O–H groups in total. The van der Waals surface area contributed by atoms with Crippen LogP contribution in [0.5, 0.6) is 0 Å². The minimum atomic E-state index is -0.477. The number of benzene rings is 1. The van der Waals surface area contributed by atoms with Gasteiger partial charge in [0, 0.05) is 41.9 Å². The van der Waals surface area contributed by atoms with Gasteiger partial charge in [-0.3, -0.25) is 13.9 Å². The minimum Gasteiger partial charge on any atom is -0.357 e. The van der Waals surface area contributed by atoms with E-state index < -0.39 is 11.2 Å². The number of aromatic amines is 1. The number of halogens is 1. The summed E-state index contributed by atoms with van der Waals surface area (Å²) in [4.78, 5) is 42.4. The Balaban J connectivity index is 1.60. The summed E-state index contributed by atoms with van der Waals surface area (Å²) in [5.74, 6) is 1.30. The van der Waals surface area contributed by atoms with Crippen LogP contribution < -0.4 is 22.3 Å². The molecule has 0 bridgehead atoms. The maximum Gasteiger partial charge on any atom is 0.332 e. The molecule has 1 aromatic carbocycles. The number of aromatic nitrogens is 7. The summed E-state index contributed by atoms with van der Waals surface area (Å²) < 4.78 is 4.12.